The predicted molar refractivity (Wildman–Crippen MR) is 92.5 cm³/mol. The molecule has 120 valence electrons. The zero-order valence-electron chi connectivity index (χ0n) is 13.7. The van der Waals surface area contributed by atoms with Crippen molar-refractivity contribution >= 4 is 0 Å². The van der Waals surface area contributed by atoms with Gasteiger partial charge >= 0.3 is 0 Å². The molecule has 1 saturated heterocycles. The molecular formula is C20H24N2O. The number of hydrogen-bond acceptors (Lipinski definition) is 3. The largest absolute Gasteiger partial charge is 0.386 e. The third-order valence-electron chi connectivity index (χ3n) is 5.36. The van der Waals surface area contributed by atoms with Gasteiger partial charge in [-0.1, -0.05) is 48.5 Å². The van der Waals surface area contributed by atoms with E-state index in [1.165, 1.54) is 16.7 Å². The van der Waals surface area contributed by atoms with Gasteiger partial charge in [0.25, 0.3) is 0 Å². The first-order valence-corrected chi connectivity index (χ1v) is 8.50. The van der Waals surface area contributed by atoms with Crippen LogP contribution in [0, 0.1) is 0 Å². The molecule has 1 fully saturated rings. The minimum absolute atomic E-state index is 0.0588. The Bertz CT molecular complexity index is 692. The van der Waals surface area contributed by atoms with Crippen LogP contribution in [0.3, 0.4) is 0 Å². The lowest BCUT2D eigenvalue weighted by Gasteiger charge is -2.40. The number of fused-ring (bicyclic) bond motifs is 2. The quantitative estimate of drug-likeness (QED) is 0.877. The van der Waals surface area contributed by atoms with E-state index in [0.29, 0.717) is 0 Å². The summed E-state index contributed by atoms with van der Waals surface area (Å²) in [4.78, 5) is 4.82. The topological polar surface area (TPSA) is 26.7 Å². The summed E-state index contributed by atoms with van der Waals surface area (Å²) in [5, 5.41) is 11.2. The van der Waals surface area contributed by atoms with Crippen LogP contribution in [-0.2, 0) is 6.42 Å². The molecular weight excluding hydrogens is 284 g/mol. The predicted octanol–water partition coefficient (Wildman–Crippen LogP) is 2.61. The van der Waals surface area contributed by atoms with Crippen LogP contribution in [0.25, 0.3) is 0 Å². The SMILES string of the molecule is CN1CCN([C@H]2c3ccccc3Cc3ccccc3[C@H]2O)CC1. The van der Waals surface area contributed by atoms with Gasteiger partial charge in [-0.3, -0.25) is 4.90 Å². The maximum absolute atomic E-state index is 11.2. The number of nitrogens with zero attached hydrogens (tertiary/aromatic N) is 2. The first-order chi connectivity index (χ1) is 11.2. The summed E-state index contributed by atoms with van der Waals surface area (Å²) in [6, 6.07) is 17.1. The van der Waals surface area contributed by atoms with Crippen molar-refractivity contribution in [2.24, 2.45) is 0 Å². The number of benzene rings is 2. The summed E-state index contributed by atoms with van der Waals surface area (Å²) >= 11 is 0. The van der Waals surface area contributed by atoms with Gasteiger partial charge in [0.1, 0.15) is 0 Å². The first kappa shape index (κ1) is 14.9. The highest BCUT2D eigenvalue weighted by molar-refractivity contribution is 5.43. The van der Waals surface area contributed by atoms with Gasteiger partial charge in [0.05, 0.1) is 12.1 Å². The van der Waals surface area contributed by atoms with Crippen LogP contribution in [0.15, 0.2) is 48.5 Å². The summed E-state index contributed by atoms with van der Waals surface area (Å²) in [5.74, 6) is 0. The van der Waals surface area contributed by atoms with Gasteiger partial charge in [-0.05, 0) is 35.7 Å². The van der Waals surface area contributed by atoms with Crippen LogP contribution in [-0.4, -0.2) is 48.1 Å². The fourth-order valence-electron chi connectivity index (χ4n) is 4.01. The van der Waals surface area contributed by atoms with E-state index in [1.807, 2.05) is 6.07 Å². The summed E-state index contributed by atoms with van der Waals surface area (Å²) in [5.41, 5.74) is 4.98. The average molecular weight is 308 g/mol. The Kier molecular flexibility index (Phi) is 3.93. The van der Waals surface area contributed by atoms with E-state index in [9.17, 15) is 5.11 Å². The molecule has 2 aromatic rings. The van der Waals surface area contributed by atoms with Crippen molar-refractivity contribution < 1.29 is 5.11 Å². The highest BCUT2D eigenvalue weighted by Crippen LogP contribution is 2.41. The van der Waals surface area contributed by atoms with Crippen LogP contribution in [0.5, 0.6) is 0 Å². The average Bonchev–Trinajstić information content (AvgIpc) is 2.70. The number of hydrogen-bond donors (Lipinski definition) is 1. The van der Waals surface area contributed by atoms with Crippen molar-refractivity contribution in [3.8, 4) is 0 Å². The molecule has 2 aliphatic rings. The number of piperazine rings is 1. The lowest BCUT2D eigenvalue weighted by molar-refractivity contribution is 0.0217. The van der Waals surface area contributed by atoms with Gasteiger partial charge in [0.15, 0.2) is 0 Å². The molecule has 0 aromatic heterocycles. The molecule has 0 amide bonds. The van der Waals surface area contributed by atoms with Crippen molar-refractivity contribution in [1.82, 2.24) is 9.80 Å². The summed E-state index contributed by atoms with van der Waals surface area (Å²) < 4.78 is 0. The van der Waals surface area contributed by atoms with E-state index < -0.39 is 6.10 Å². The molecule has 1 N–H and O–H groups in total. The van der Waals surface area contributed by atoms with E-state index in [4.69, 9.17) is 0 Å². The molecule has 1 heterocycles. The molecule has 23 heavy (non-hydrogen) atoms. The number of rotatable bonds is 1. The van der Waals surface area contributed by atoms with Crippen LogP contribution < -0.4 is 0 Å². The lowest BCUT2D eigenvalue weighted by atomic mass is 9.93. The van der Waals surface area contributed by atoms with Crippen molar-refractivity contribution in [2.75, 3.05) is 33.2 Å². The van der Waals surface area contributed by atoms with E-state index in [1.54, 1.807) is 0 Å². The minimum atomic E-state index is -0.460. The Balaban J connectivity index is 1.79. The number of likely N-dealkylation sites (N-methyl/N-ethyl adjacent to an activating group) is 1. The van der Waals surface area contributed by atoms with E-state index in [2.05, 4.69) is 59.3 Å². The standard InChI is InChI=1S/C20H24N2O/c1-21-10-12-22(13-11-21)19-17-8-4-2-6-15(17)14-16-7-3-5-9-18(16)20(19)23/h2-9,19-20,23H,10-14H2,1H3/t19-,20+/m0/s1. The molecule has 0 radical (unpaired) electrons. The smallest absolute Gasteiger partial charge is 0.0989 e. The second kappa shape index (κ2) is 6.08. The van der Waals surface area contributed by atoms with Gasteiger partial charge in [-0.25, -0.2) is 0 Å². The molecule has 1 aliphatic carbocycles. The highest BCUT2D eigenvalue weighted by atomic mass is 16.3. The van der Waals surface area contributed by atoms with Gasteiger partial charge in [0, 0.05) is 26.2 Å². The second-order valence-corrected chi connectivity index (χ2v) is 6.80. The maximum Gasteiger partial charge on any atom is 0.0989 e. The van der Waals surface area contributed by atoms with Crippen LogP contribution >= 0.6 is 0 Å². The minimum Gasteiger partial charge on any atom is -0.386 e. The Morgan fingerprint density at radius 1 is 0.826 bits per heavy atom. The van der Waals surface area contributed by atoms with Crippen molar-refractivity contribution in [3.63, 3.8) is 0 Å². The Morgan fingerprint density at radius 3 is 2.09 bits per heavy atom. The highest BCUT2D eigenvalue weighted by Gasteiger charge is 2.34. The van der Waals surface area contributed by atoms with E-state index in [-0.39, 0.29) is 6.04 Å². The van der Waals surface area contributed by atoms with Crippen LogP contribution in [0.4, 0.5) is 0 Å². The molecule has 2 atom stereocenters. The van der Waals surface area contributed by atoms with Crippen LogP contribution in [0.1, 0.15) is 34.4 Å². The van der Waals surface area contributed by atoms with E-state index >= 15 is 0 Å². The molecule has 0 saturated carbocycles. The summed E-state index contributed by atoms with van der Waals surface area (Å²) in [6.45, 7) is 4.14. The van der Waals surface area contributed by atoms with Gasteiger partial charge in [0.2, 0.25) is 0 Å². The normalized spacial score (nSPS) is 25.5. The monoisotopic (exact) mass is 308 g/mol. The zero-order chi connectivity index (χ0) is 15.8. The molecule has 1 aliphatic heterocycles. The van der Waals surface area contributed by atoms with Gasteiger partial charge < -0.3 is 10.0 Å². The summed E-state index contributed by atoms with van der Waals surface area (Å²) in [7, 11) is 2.17. The van der Waals surface area contributed by atoms with Crippen molar-refractivity contribution in [2.45, 2.75) is 18.6 Å². The molecule has 4 rings (SSSR count). The Hall–Kier alpha value is -1.68. The Morgan fingerprint density at radius 2 is 1.39 bits per heavy atom. The number of aliphatic hydroxyl groups is 1. The molecule has 2 aromatic carbocycles. The molecule has 3 heteroatoms. The maximum atomic E-state index is 11.2. The third kappa shape index (κ3) is 2.69. The van der Waals surface area contributed by atoms with Crippen molar-refractivity contribution in [3.05, 3.63) is 70.8 Å². The van der Waals surface area contributed by atoms with Crippen LogP contribution in [0.2, 0.25) is 0 Å². The molecule has 0 bridgehead atoms. The second-order valence-electron chi connectivity index (χ2n) is 6.80. The van der Waals surface area contributed by atoms with Gasteiger partial charge in [-0.2, -0.15) is 0 Å². The zero-order valence-corrected chi connectivity index (χ0v) is 13.7. The van der Waals surface area contributed by atoms with Crippen molar-refractivity contribution in [1.29, 1.82) is 0 Å². The van der Waals surface area contributed by atoms with Gasteiger partial charge in [-0.15, -0.1) is 0 Å². The molecule has 0 spiro atoms. The third-order valence-corrected chi connectivity index (χ3v) is 5.36. The number of aliphatic hydroxyl groups excluding tert-OH is 1. The lowest BCUT2D eigenvalue weighted by Crippen LogP contribution is -2.47. The summed E-state index contributed by atoms with van der Waals surface area (Å²) in [6.07, 6.45) is 0.450. The first-order valence-electron chi connectivity index (χ1n) is 8.50. The molecule has 3 nitrogen and oxygen atoms in total. The molecule has 0 unspecified atom stereocenters. The fourth-order valence-corrected chi connectivity index (χ4v) is 4.01. The van der Waals surface area contributed by atoms with E-state index in [0.717, 1.165) is 38.2 Å². The fraction of sp³-hybridized carbons (Fsp3) is 0.400. The Labute approximate surface area is 138 Å².